The Morgan fingerprint density at radius 2 is 1.41 bits per heavy atom. The largest absolute Gasteiger partial charge is 0.253 e. The highest BCUT2D eigenvalue weighted by molar-refractivity contribution is 6.00. The average molecular weight is 223 g/mol. The molecule has 2 aromatic rings. The smallest absolute Gasteiger partial charge is 0.0691 e. The summed E-state index contributed by atoms with van der Waals surface area (Å²) in [7, 11) is 0. The van der Waals surface area contributed by atoms with Crippen LogP contribution in [0.15, 0.2) is 53.5 Å². The van der Waals surface area contributed by atoms with E-state index >= 15 is 0 Å². The molecule has 0 atom stereocenters. The lowest BCUT2D eigenvalue weighted by molar-refractivity contribution is 1.32. The SMILES string of the molecule is CC(=Nc1c(C)cccc1C)c1ccccc1. The van der Waals surface area contributed by atoms with Crippen molar-refractivity contribution in [3.8, 4) is 0 Å². The number of aryl methyl sites for hydroxylation is 2. The van der Waals surface area contributed by atoms with Crippen LogP contribution < -0.4 is 0 Å². The van der Waals surface area contributed by atoms with Crippen molar-refractivity contribution in [3.63, 3.8) is 0 Å². The van der Waals surface area contributed by atoms with E-state index in [1.807, 2.05) is 18.2 Å². The molecule has 1 heteroatoms. The summed E-state index contributed by atoms with van der Waals surface area (Å²) in [6, 6.07) is 16.6. The van der Waals surface area contributed by atoms with Gasteiger partial charge in [0.2, 0.25) is 0 Å². The zero-order chi connectivity index (χ0) is 12.3. The topological polar surface area (TPSA) is 12.4 Å². The Hall–Kier alpha value is -1.89. The van der Waals surface area contributed by atoms with E-state index < -0.39 is 0 Å². The first kappa shape index (κ1) is 11.6. The molecule has 1 nitrogen and oxygen atoms in total. The number of benzene rings is 2. The molecule has 17 heavy (non-hydrogen) atoms. The lowest BCUT2D eigenvalue weighted by Gasteiger charge is -2.06. The van der Waals surface area contributed by atoms with E-state index in [0.29, 0.717) is 0 Å². The molecule has 0 saturated heterocycles. The molecule has 0 aromatic heterocycles. The third kappa shape index (κ3) is 2.62. The number of rotatable bonds is 2. The molecule has 0 N–H and O–H groups in total. The quantitative estimate of drug-likeness (QED) is 0.667. The van der Waals surface area contributed by atoms with Crippen molar-refractivity contribution in [2.75, 3.05) is 0 Å². The Morgan fingerprint density at radius 3 is 2.00 bits per heavy atom. The molecular weight excluding hydrogens is 206 g/mol. The minimum absolute atomic E-state index is 1.06. The molecule has 0 aliphatic carbocycles. The summed E-state index contributed by atoms with van der Waals surface area (Å²) in [6.07, 6.45) is 0. The van der Waals surface area contributed by atoms with Crippen LogP contribution in [0.1, 0.15) is 23.6 Å². The van der Waals surface area contributed by atoms with Crippen LogP contribution in [0.25, 0.3) is 0 Å². The Bertz CT molecular complexity index is 518. The minimum atomic E-state index is 1.06. The summed E-state index contributed by atoms with van der Waals surface area (Å²) in [6.45, 7) is 6.26. The van der Waals surface area contributed by atoms with E-state index in [4.69, 9.17) is 4.99 Å². The Kier molecular flexibility index (Phi) is 3.38. The number of aliphatic imine (C=N–C) groups is 1. The van der Waals surface area contributed by atoms with Crippen LogP contribution in [0.5, 0.6) is 0 Å². The molecule has 0 heterocycles. The van der Waals surface area contributed by atoms with Gasteiger partial charge in [-0.2, -0.15) is 0 Å². The van der Waals surface area contributed by atoms with Gasteiger partial charge < -0.3 is 0 Å². The predicted molar refractivity (Wildman–Crippen MR) is 74.2 cm³/mol. The van der Waals surface area contributed by atoms with Crippen LogP contribution in [-0.4, -0.2) is 5.71 Å². The van der Waals surface area contributed by atoms with E-state index in [9.17, 15) is 0 Å². The van der Waals surface area contributed by atoms with Crippen molar-refractivity contribution in [2.45, 2.75) is 20.8 Å². The second-order valence-electron chi connectivity index (χ2n) is 4.30. The van der Waals surface area contributed by atoms with Crippen molar-refractivity contribution >= 4 is 11.4 Å². The zero-order valence-corrected chi connectivity index (χ0v) is 10.6. The van der Waals surface area contributed by atoms with Gasteiger partial charge >= 0.3 is 0 Å². The number of hydrogen-bond donors (Lipinski definition) is 0. The fourth-order valence-electron chi connectivity index (χ4n) is 1.89. The van der Waals surface area contributed by atoms with E-state index in [1.165, 1.54) is 16.7 Å². The fraction of sp³-hybridized carbons (Fsp3) is 0.188. The van der Waals surface area contributed by atoms with E-state index in [0.717, 1.165) is 11.4 Å². The monoisotopic (exact) mass is 223 g/mol. The summed E-state index contributed by atoms with van der Waals surface area (Å²) < 4.78 is 0. The lowest BCUT2D eigenvalue weighted by Crippen LogP contribution is -1.94. The predicted octanol–water partition coefficient (Wildman–Crippen LogP) is 4.44. The number of hydrogen-bond acceptors (Lipinski definition) is 1. The summed E-state index contributed by atoms with van der Waals surface area (Å²) in [5, 5.41) is 0. The van der Waals surface area contributed by atoms with Crippen LogP contribution in [0, 0.1) is 13.8 Å². The first-order chi connectivity index (χ1) is 8.18. The van der Waals surface area contributed by atoms with Gasteiger partial charge in [-0.15, -0.1) is 0 Å². The normalized spacial score (nSPS) is 11.6. The van der Waals surface area contributed by atoms with E-state index in [2.05, 4.69) is 51.1 Å². The number of para-hydroxylation sites is 1. The molecule has 0 saturated carbocycles. The van der Waals surface area contributed by atoms with Gasteiger partial charge in [0.05, 0.1) is 5.69 Å². The minimum Gasteiger partial charge on any atom is -0.253 e. The van der Waals surface area contributed by atoms with Crippen molar-refractivity contribution in [1.29, 1.82) is 0 Å². The standard InChI is InChI=1S/C16H17N/c1-12-8-7-9-13(2)16(12)17-14(3)15-10-5-4-6-11-15/h4-11H,1-3H3. The van der Waals surface area contributed by atoms with Gasteiger partial charge in [0.25, 0.3) is 0 Å². The van der Waals surface area contributed by atoms with Crippen LogP contribution in [-0.2, 0) is 0 Å². The molecule has 2 aromatic carbocycles. The Balaban J connectivity index is 2.43. The van der Waals surface area contributed by atoms with Crippen LogP contribution in [0.4, 0.5) is 5.69 Å². The molecular formula is C16H17N. The molecule has 0 spiro atoms. The molecule has 86 valence electrons. The van der Waals surface area contributed by atoms with Gasteiger partial charge in [-0.1, -0.05) is 48.5 Å². The van der Waals surface area contributed by atoms with Crippen molar-refractivity contribution in [2.24, 2.45) is 4.99 Å². The van der Waals surface area contributed by atoms with Gasteiger partial charge in [0.15, 0.2) is 0 Å². The molecule has 0 bridgehead atoms. The van der Waals surface area contributed by atoms with Crippen molar-refractivity contribution < 1.29 is 0 Å². The maximum Gasteiger partial charge on any atom is 0.0691 e. The van der Waals surface area contributed by atoms with E-state index in [-0.39, 0.29) is 0 Å². The molecule has 2 rings (SSSR count). The molecule has 0 fully saturated rings. The maximum atomic E-state index is 4.74. The second-order valence-corrected chi connectivity index (χ2v) is 4.30. The average Bonchev–Trinajstić information content (AvgIpc) is 2.35. The van der Waals surface area contributed by atoms with Gasteiger partial charge in [0, 0.05) is 5.71 Å². The first-order valence-corrected chi connectivity index (χ1v) is 5.85. The summed E-state index contributed by atoms with van der Waals surface area (Å²) in [5.74, 6) is 0. The van der Waals surface area contributed by atoms with E-state index in [1.54, 1.807) is 0 Å². The Labute approximate surface area is 103 Å². The third-order valence-electron chi connectivity index (χ3n) is 2.91. The summed E-state index contributed by atoms with van der Waals surface area (Å²) >= 11 is 0. The highest BCUT2D eigenvalue weighted by Gasteiger charge is 2.02. The van der Waals surface area contributed by atoms with Crippen LogP contribution >= 0.6 is 0 Å². The number of nitrogens with zero attached hydrogens (tertiary/aromatic N) is 1. The van der Waals surface area contributed by atoms with Crippen molar-refractivity contribution in [1.82, 2.24) is 0 Å². The maximum absolute atomic E-state index is 4.74. The Morgan fingerprint density at radius 1 is 0.824 bits per heavy atom. The summed E-state index contributed by atoms with van der Waals surface area (Å²) in [4.78, 5) is 4.74. The van der Waals surface area contributed by atoms with Gasteiger partial charge in [-0.3, -0.25) is 4.99 Å². The van der Waals surface area contributed by atoms with Crippen molar-refractivity contribution in [3.05, 3.63) is 65.2 Å². The first-order valence-electron chi connectivity index (χ1n) is 5.85. The van der Waals surface area contributed by atoms with Crippen LogP contribution in [0.3, 0.4) is 0 Å². The highest BCUT2D eigenvalue weighted by atomic mass is 14.7. The van der Waals surface area contributed by atoms with Gasteiger partial charge in [0.1, 0.15) is 0 Å². The summed E-state index contributed by atoms with van der Waals surface area (Å²) in [5.41, 5.74) is 5.77. The van der Waals surface area contributed by atoms with Gasteiger partial charge in [-0.05, 0) is 37.5 Å². The lowest BCUT2D eigenvalue weighted by atomic mass is 10.1. The van der Waals surface area contributed by atoms with Gasteiger partial charge in [-0.25, -0.2) is 0 Å². The third-order valence-corrected chi connectivity index (χ3v) is 2.91. The second kappa shape index (κ2) is 4.96. The van der Waals surface area contributed by atoms with Crippen LogP contribution in [0.2, 0.25) is 0 Å². The molecule has 0 radical (unpaired) electrons. The molecule has 0 aliphatic rings. The fourth-order valence-corrected chi connectivity index (χ4v) is 1.89. The molecule has 0 unspecified atom stereocenters. The zero-order valence-electron chi connectivity index (χ0n) is 10.6. The molecule has 0 amide bonds. The highest BCUT2D eigenvalue weighted by Crippen LogP contribution is 2.23. The molecule has 0 aliphatic heterocycles.